The van der Waals surface area contributed by atoms with Gasteiger partial charge in [0.2, 0.25) is 0 Å². The zero-order valence-corrected chi connectivity index (χ0v) is 7.92. The molecule has 8 heavy (non-hydrogen) atoms. The van der Waals surface area contributed by atoms with Crippen LogP contribution in [0.5, 0.6) is 0 Å². The number of aromatic amines is 1. The molecule has 0 saturated heterocycles. The predicted octanol–water partition coefficient (Wildman–Crippen LogP) is 1.43. The normalized spacial score (nSPS) is 8.25. The fourth-order valence-electron chi connectivity index (χ4n) is 0.584. The van der Waals surface area contributed by atoms with Crippen LogP contribution in [0.4, 0.5) is 0 Å². The first-order valence-corrected chi connectivity index (χ1v) is 2.33. The molecule has 1 N–H and O–H groups in total. The Kier molecular flexibility index (Phi) is 3.07. The third kappa shape index (κ3) is 1.83. The van der Waals surface area contributed by atoms with Gasteiger partial charge < -0.3 is 4.98 Å². The Hall–Kier alpha value is -0.0317. The van der Waals surface area contributed by atoms with Gasteiger partial charge in [0.05, 0.1) is 0 Å². The van der Waals surface area contributed by atoms with Gasteiger partial charge in [0.1, 0.15) is 0 Å². The summed E-state index contributed by atoms with van der Waals surface area (Å²) in [6.07, 6.45) is 0. The van der Waals surface area contributed by atoms with Crippen LogP contribution in [0.1, 0.15) is 11.4 Å². The van der Waals surface area contributed by atoms with Crippen molar-refractivity contribution in [3.05, 3.63) is 23.5 Å². The van der Waals surface area contributed by atoms with Crippen LogP contribution in [0.2, 0.25) is 0 Å². The Labute approximate surface area is 63.8 Å². The molecule has 0 spiro atoms. The van der Waals surface area contributed by atoms with E-state index in [9.17, 15) is 0 Å². The third-order valence-corrected chi connectivity index (χ3v) is 0.890. The number of H-pyrrole nitrogens is 1. The predicted molar refractivity (Wildman–Crippen MR) is 29.1 cm³/mol. The molecule has 0 aliphatic heterocycles. The Morgan fingerprint density at radius 3 is 2.25 bits per heavy atom. The summed E-state index contributed by atoms with van der Waals surface area (Å²) in [5.41, 5.74) is 2.29. The molecule has 0 aliphatic carbocycles. The average molecular weight is 278 g/mol. The number of nitrogens with one attached hydrogen (secondary N) is 1. The van der Waals surface area contributed by atoms with Gasteiger partial charge in [-0.15, -0.1) is 5.69 Å². The topological polar surface area (TPSA) is 15.8 Å². The smallest absolute Gasteiger partial charge is 0 e. The van der Waals surface area contributed by atoms with E-state index >= 15 is 0 Å². The molecule has 0 saturated carbocycles. The Bertz CT molecular complexity index is 141. The van der Waals surface area contributed by atoms with E-state index in [1.54, 1.807) is 0 Å². The maximum absolute atomic E-state index is 3.08. The minimum atomic E-state index is 0. The van der Waals surface area contributed by atoms with E-state index in [0.717, 1.165) is 5.69 Å². The van der Waals surface area contributed by atoms with Crippen molar-refractivity contribution in [2.75, 3.05) is 0 Å². The van der Waals surface area contributed by atoms with Crippen LogP contribution in [0.15, 0.2) is 6.07 Å². The standard InChI is InChI=1S/C6H8N.W/c1-5-3-4-6(2)7-5;/h3,7H,1-2H3;/q-1;. The van der Waals surface area contributed by atoms with Crippen LogP contribution in [-0.2, 0) is 21.1 Å². The van der Waals surface area contributed by atoms with Crippen molar-refractivity contribution in [3.63, 3.8) is 0 Å². The zero-order valence-electron chi connectivity index (χ0n) is 4.99. The molecule has 2 heteroatoms. The van der Waals surface area contributed by atoms with E-state index in [0.29, 0.717) is 0 Å². The first-order chi connectivity index (χ1) is 3.29. The van der Waals surface area contributed by atoms with Crippen LogP contribution >= 0.6 is 0 Å². The van der Waals surface area contributed by atoms with Gasteiger partial charge in [-0.05, 0) is 6.92 Å². The second-order valence-electron chi connectivity index (χ2n) is 1.72. The SMILES string of the molecule is Cc1[c-]cc(C)[nH]1.[W]. The number of aryl methyl sites for hydroxylation is 2. The summed E-state index contributed by atoms with van der Waals surface area (Å²) in [6, 6.07) is 4.95. The molecule has 1 aromatic heterocycles. The molecular weight excluding hydrogens is 270 g/mol. The Morgan fingerprint density at radius 2 is 2.12 bits per heavy atom. The molecule has 1 rings (SSSR count). The second-order valence-corrected chi connectivity index (χ2v) is 1.72. The number of aromatic nitrogens is 1. The first kappa shape index (κ1) is 7.97. The van der Waals surface area contributed by atoms with Gasteiger partial charge >= 0.3 is 0 Å². The molecule has 0 atom stereocenters. The van der Waals surface area contributed by atoms with Crippen LogP contribution in [0, 0.1) is 19.9 Å². The van der Waals surface area contributed by atoms with Gasteiger partial charge in [-0.2, -0.15) is 0 Å². The van der Waals surface area contributed by atoms with Crippen LogP contribution < -0.4 is 0 Å². The van der Waals surface area contributed by atoms with Gasteiger partial charge in [-0.3, -0.25) is 0 Å². The molecule has 0 radical (unpaired) electrons. The van der Waals surface area contributed by atoms with Crippen molar-refractivity contribution >= 4 is 0 Å². The molecule has 0 fully saturated rings. The van der Waals surface area contributed by atoms with Crippen molar-refractivity contribution in [1.82, 2.24) is 4.98 Å². The summed E-state index contributed by atoms with van der Waals surface area (Å²) in [5.74, 6) is 0. The van der Waals surface area contributed by atoms with Gasteiger partial charge in [-0.1, -0.05) is 12.6 Å². The largest absolute Gasteiger partial charge is 0.456 e. The first-order valence-electron chi connectivity index (χ1n) is 2.33. The van der Waals surface area contributed by atoms with Crippen LogP contribution in [0.3, 0.4) is 0 Å². The molecule has 1 aromatic rings. The molecular formula is C6H8NW-. The molecule has 0 amide bonds. The zero-order chi connectivity index (χ0) is 5.28. The van der Waals surface area contributed by atoms with Crippen molar-refractivity contribution in [3.8, 4) is 0 Å². The fraction of sp³-hybridized carbons (Fsp3) is 0.333. The number of rotatable bonds is 0. The molecule has 0 bridgehead atoms. The molecule has 44 valence electrons. The molecule has 0 aliphatic rings. The monoisotopic (exact) mass is 278 g/mol. The van der Waals surface area contributed by atoms with E-state index < -0.39 is 0 Å². The number of hydrogen-bond acceptors (Lipinski definition) is 0. The van der Waals surface area contributed by atoms with Crippen molar-refractivity contribution in [2.24, 2.45) is 0 Å². The molecule has 0 unspecified atom stereocenters. The molecule has 1 heterocycles. The Morgan fingerprint density at radius 1 is 1.50 bits per heavy atom. The van der Waals surface area contributed by atoms with Gasteiger partial charge in [0, 0.05) is 21.1 Å². The summed E-state index contributed by atoms with van der Waals surface area (Å²) >= 11 is 0. The quantitative estimate of drug-likeness (QED) is 0.691. The second kappa shape index (κ2) is 3.09. The summed E-state index contributed by atoms with van der Waals surface area (Å²) in [6.45, 7) is 4.01. The van der Waals surface area contributed by atoms with E-state index in [4.69, 9.17) is 0 Å². The van der Waals surface area contributed by atoms with Crippen molar-refractivity contribution in [2.45, 2.75) is 13.8 Å². The maximum atomic E-state index is 3.08. The van der Waals surface area contributed by atoms with Crippen molar-refractivity contribution < 1.29 is 21.1 Å². The van der Waals surface area contributed by atoms with Gasteiger partial charge in [-0.25, -0.2) is 12.1 Å². The summed E-state index contributed by atoms with van der Waals surface area (Å²) < 4.78 is 0. The van der Waals surface area contributed by atoms with Gasteiger partial charge in [0.25, 0.3) is 0 Å². The van der Waals surface area contributed by atoms with E-state index in [2.05, 4.69) is 11.1 Å². The van der Waals surface area contributed by atoms with E-state index in [1.807, 2.05) is 19.9 Å². The average Bonchev–Trinajstić information content (AvgIpc) is 1.87. The van der Waals surface area contributed by atoms with Gasteiger partial charge in [0.15, 0.2) is 0 Å². The maximum Gasteiger partial charge on any atom is 0 e. The molecule has 1 nitrogen and oxygen atoms in total. The summed E-state index contributed by atoms with van der Waals surface area (Å²) in [7, 11) is 0. The van der Waals surface area contributed by atoms with Crippen LogP contribution in [-0.4, -0.2) is 4.98 Å². The Balaban J connectivity index is 0.000000490. The minimum Gasteiger partial charge on any atom is -0.456 e. The van der Waals surface area contributed by atoms with Crippen molar-refractivity contribution in [1.29, 1.82) is 0 Å². The van der Waals surface area contributed by atoms with E-state index in [-0.39, 0.29) is 21.1 Å². The van der Waals surface area contributed by atoms with E-state index in [1.165, 1.54) is 5.69 Å². The fourth-order valence-corrected chi connectivity index (χ4v) is 0.584. The summed E-state index contributed by atoms with van der Waals surface area (Å²) in [4.78, 5) is 3.08. The third-order valence-electron chi connectivity index (χ3n) is 0.890. The number of hydrogen-bond donors (Lipinski definition) is 1. The molecule has 0 aromatic carbocycles. The van der Waals surface area contributed by atoms with Crippen LogP contribution in [0.25, 0.3) is 0 Å². The minimum absolute atomic E-state index is 0. The summed E-state index contributed by atoms with van der Waals surface area (Å²) in [5, 5.41) is 0.